The van der Waals surface area contributed by atoms with Crippen molar-refractivity contribution in [2.45, 2.75) is 33.5 Å². The van der Waals surface area contributed by atoms with Gasteiger partial charge in [-0.2, -0.15) is 10.2 Å². The molecule has 0 bridgehead atoms. The Morgan fingerprint density at radius 1 is 1.44 bits per heavy atom. The van der Waals surface area contributed by atoms with Crippen molar-refractivity contribution in [3.8, 4) is 0 Å². The van der Waals surface area contributed by atoms with E-state index in [4.69, 9.17) is 5.73 Å². The monoisotopic (exact) mass is 220 g/mol. The van der Waals surface area contributed by atoms with E-state index in [0.29, 0.717) is 13.1 Å². The smallest absolute Gasteiger partial charge is 0.148 e. The van der Waals surface area contributed by atoms with Gasteiger partial charge in [-0.25, -0.2) is 9.67 Å². The largest absolute Gasteiger partial charge is 0.326 e. The second kappa shape index (κ2) is 4.44. The molecule has 2 aromatic rings. The number of nitrogens with zero attached hydrogens (tertiary/aromatic N) is 5. The average Bonchev–Trinajstić information content (AvgIpc) is 2.85. The summed E-state index contributed by atoms with van der Waals surface area (Å²) in [5.41, 5.74) is 7.66. The van der Waals surface area contributed by atoms with E-state index in [-0.39, 0.29) is 0 Å². The van der Waals surface area contributed by atoms with E-state index >= 15 is 0 Å². The van der Waals surface area contributed by atoms with Crippen molar-refractivity contribution < 1.29 is 0 Å². The first-order valence-corrected chi connectivity index (χ1v) is 5.34. The summed E-state index contributed by atoms with van der Waals surface area (Å²) in [4.78, 5) is 4.21. The summed E-state index contributed by atoms with van der Waals surface area (Å²) in [6.45, 7) is 5.97. The van der Waals surface area contributed by atoms with Crippen LogP contribution in [0.5, 0.6) is 0 Å². The molecular formula is C10H16N6. The van der Waals surface area contributed by atoms with Gasteiger partial charge in [-0.1, -0.05) is 0 Å². The Bertz CT molecular complexity index is 469. The lowest BCUT2D eigenvalue weighted by atomic mass is 10.3. The highest BCUT2D eigenvalue weighted by molar-refractivity contribution is 5.15. The molecule has 6 nitrogen and oxygen atoms in total. The van der Waals surface area contributed by atoms with Gasteiger partial charge in [0, 0.05) is 24.8 Å². The standard InChI is InChI=1S/C10H16N6/c1-3-16-10(12-7-13-16)6-15-5-9(4-11)8(2)14-15/h5,7H,3-4,6,11H2,1-2H3. The summed E-state index contributed by atoms with van der Waals surface area (Å²) < 4.78 is 3.72. The van der Waals surface area contributed by atoms with Crippen molar-refractivity contribution in [1.82, 2.24) is 24.5 Å². The second-order valence-corrected chi connectivity index (χ2v) is 3.63. The fraction of sp³-hybridized carbons (Fsp3) is 0.500. The molecule has 0 aliphatic rings. The van der Waals surface area contributed by atoms with Crippen molar-refractivity contribution in [3.63, 3.8) is 0 Å². The van der Waals surface area contributed by atoms with Gasteiger partial charge in [0.2, 0.25) is 0 Å². The Hall–Kier alpha value is -1.69. The minimum atomic E-state index is 0.520. The van der Waals surface area contributed by atoms with E-state index < -0.39 is 0 Å². The van der Waals surface area contributed by atoms with Gasteiger partial charge in [0.25, 0.3) is 0 Å². The van der Waals surface area contributed by atoms with Crippen LogP contribution >= 0.6 is 0 Å². The molecule has 0 radical (unpaired) electrons. The number of hydrogen-bond donors (Lipinski definition) is 1. The van der Waals surface area contributed by atoms with Crippen LogP contribution in [-0.2, 0) is 19.6 Å². The topological polar surface area (TPSA) is 74.5 Å². The molecule has 0 amide bonds. The Morgan fingerprint density at radius 3 is 2.88 bits per heavy atom. The highest BCUT2D eigenvalue weighted by Crippen LogP contribution is 2.06. The first-order chi connectivity index (χ1) is 7.74. The number of aromatic nitrogens is 5. The molecule has 0 saturated heterocycles. The quantitative estimate of drug-likeness (QED) is 0.804. The van der Waals surface area contributed by atoms with Gasteiger partial charge in [0.05, 0.1) is 5.69 Å². The van der Waals surface area contributed by atoms with Gasteiger partial charge >= 0.3 is 0 Å². The highest BCUT2D eigenvalue weighted by atomic mass is 15.4. The lowest BCUT2D eigenvalue weighted by Gasteiger charge is -2.02. The van der Waals surface area contributed by atoms with E-state index in [2.05, 4.69) is 15.2 Å². The van der Waals surface area contributed by atoms with Gasteiger partial charge in [-0.3, -0.25) is 4.68 Å². The molecule has 0 aromatic carbocycles. The molecule has 86 valence electrons. The molecule has 2 heterocycles. The van der Waals surface area contributed by atoms with E-state index in [1.807, 2.05) is 29.4 Å². The molecule has 16 heavy (non-hydrogen) atoms. The summed E-state index contributed by atoms with van der Waals surface area (Å²) in [6, 6.07) is 0. The molecule has 2 rings (SSSR count). The number of rotatable bonds is 4. The Kier molecular flexibility index (Phi) is 3.00. The molecular weight excluding hydrogens is 204 g/mol. The van der Waals surface area contributed by atoms with Crippen molar-refractivity contribution in [3.05, 3.63) is 29.6 Å². The lowest BCUT2D eigenvalue weighted by molar-refractivity contribution is 0.566. The first kappa shape index (κ1) is 10.8. The van der Waals surface area contributed by atoms with Crippen LogP contribution < -0.4 is 5.73 Å². The fourth-order valence-corrected chi connectivity index (χ4v) is 1.66. The van der Waals surface area contributed by atoms with Crippen LogP contribution in [0.25, 0.3) is 0 Å². The van der Waals surface area contributed by atoms with Crippen molar-refractivity contribution in [1.29, 1.82) is 0 Å². The van der Waals surface area contributed by atoms with E-state index in [1.165, 1.54) is 0 Å². The predicted octanol–water partition coefficient (Wildman–Crippen LogP) is 0.310. The van der Waals surface area contributed by atoms with Gasteiger partial charge < -0.3 is 5.73 Å². The number of nitrogens with two attached hydrogens (primary N) is 1. The van der Waals surface area contributed by atoms with Gasteiger partial charge in [0.1, 0.15) is 18.7 Å². The maximum Gasteiger partial charge on any atom is 0.148 e. The van der Waals surface area contributed by atoms with Crippen molar-refractivity contribution in [2.75, 3.05) is 0 Å². The average molecular weight is 220 g/mol. The predicted molar refractivity (Wildman–Crippen MR) is 59.7 cm³/mol. The van der Waals surface area contributed by atoms with Gasteiger partial charge in [-0.15, -0.1) is 0 Å². The molecule has 6 heteroatoms. The third kappa shape index (κ3) is 1.96. The van der Waals surface area contributed by atoms with Crippen LogP contribution in [0.2, 0.25) is 0 Å². The van der Waals surface area contributed by atoms with E-state index in [9.17, 15) is 0 Å². The van der Waals surface area contributed by atoms with Gasteiger partial charge in [0.15, 0.2) is 0 Å². The van der Waals surface area contributed by atoms with Crippen LogP contribution in [-0.4, -0.2) is 24.5 Å². The lowest BCUT2D eigenvalue weighted by Crippen LogP contribution is -2.09. The number of hydrogen-bond acceptors (Lipinski definition) is 4. The van der Waals surface area contributed by atoms with Gasteiger partial charge in [-0.05, 0) is 13.8 Å². The number of aryl methyl sites for hydroxylation is 2. The van der Waals surface area contributed by atoms with Crippen LogP contribution in [0.4, 0.5) is 0 Å². The third-order valence-corrected chi connectivity index (χ3v) is 2.57. The zero-order chi connectivity index (χ0) is 11.5. The Morgan fingerprint density at radius 2 is 2.25 bits per heavy atom. The SMILES string of the molecule is CCn1ncnc1Cn1cc(CN)c(C)n1. The van der Waals surface area contributed by atoms with Crippen LogP contribution in [0.1, 0.15) is 24.0 Å². The summed E-state index contributed by atoms with van der Waals surface area (Å²) >= 11 is 0. The maximum atomic E-state index is 5.61. The minimum absolute atomic E-state index is 0.520. The summed E-state index contributed by atoms with van der Waals surface area (Å²) in [5.74, 6) is 0.911. The Balaban J connectivity index is 2.20. The van der Waals surface area contributed by atoms with Crippen LogP contribution in [0.3, 0.4) is 0 Å². The molecule has 2 aromatic heterocycles. The molecule has 0 unspecified atom stereocenters. The van der Waals surface area contributed by atoms with Crippen molar-refractivity contribution >= 4 is 0 Å². The molecule has 0 atom stereocenters. The van der Waals surface area contributed by atoms with E-state index in [0.717, 1.165) is 23.6 Å². The first-order valence-electron chi connectivity index (χ1n) is 5.34. The fourth-order valence-electron chi connectivity index (χ4n) is 1.66. The second-order valence-electron chi connectivity index (χ2n) is 3.63. The molecule has 2 N–H and O–H groups in total. The minimum Gasteiger partial charge on any atom is -0.326 e. The Labute approximate surface area is 94.1 Å². The molecule has 0 aliphatic carbocycles. The molecule has 0 aliphatic heterocycles. The maximum absolute atomic E-state index is 5.61. The summed E-state index contributed by atoms with van der Waals surface area (Å²) in [7, 11) is 0. The van der Waals surface area contributed by atoms with Crippen LogP contribution in [0.15, 0.2) is 12.5 Å². The van der Waals surface area contributed by atoms with Crippen molar-refractivity contribution in [2.24, 2.45) is 5.73 Å². The zero-order valence-corrected chi connectivity index (χ0v) is 9.59. The zero-order valence-electron chi connectivity index (χ0n) is 9.59. The summed E-state index contributed by atoms with van der Waals surface area (Å²) in [5, 5.41) is 8.51. The third-order valence-electron chi connectivity index (χ3n) is 2.57. The molecule has 0 fully saturated rings. The van der Waals surface area contributed by atoms with Crippen LogP contribution in [0, 0.1) is 6.92 Å². The molecule has 0 spiro atoms. The normalized spacial score (nSPS) is 10.9. The summed E-state index contributed by atoms with van der Waals surface area (Å²) in [6.07, 6.45) is 3.53. The molecule has 0 saturated carbocycles. The highest BCUT2D eigenvalue weighted by Gasteiger charge is 2.07. The van der Waals surface area contributed by atoms with E-state index in [1.54, 1.807) is 6.33 Å².